The first-order valence-corrected chi connectivity index (χ1v) is 10.9. The molecular formula is C21H27NO6S. The Balaban J connectivity index is 2.22. The van der Waals surface area contributed by atoms with Crippen molar-refractivity contribution in [3.05, 3.63) is 39.7 Å². The molecule has 1 aromatic carbocycles. The summed E-state index contributed by atoms with van der Waals surface area (Å²) in [6.45, 7) is 5.35. The fourth-order valence-corrected chi connectivity index (χ4v) is 3.51. The first kappa shape index (κ1) is 22.8. The lowest BCUT2D eigenvalue weighted by Crippen LogP contribution is -2.46. The highest BCUT2D eigenvalue weighted by molar-refractivity contribution is 7.98. The SMILES string of the molecule is CCCc1cc(=O)oc2c(C)c(O[C@@H](C)C(=O)N[C@@H](CCSC)C(=O)O)ccc12. The minimum atomic E-state index is -1.08. The molecule has 7 nitrogen and oxygen atoms in total. The minimum absolute atomic E-state index is 0.329. The van der Waals surface area contributed by atoms with Crippen molar-refractivity contribution >= 4 is 34.6 Å². The summed E-state index contributed by atoms with van der Waals surface area (Å²) in [6.07, 6.45) is 2.95. The van der Waals surface area contributed by atoms with Crippen LogP contribution in [0.5, 0.6) is 5.75 Å². The van der Waals surface area contributed by atoms with Crippen LogP contribution in [0, 0.1) is 6.92 Å². The quantitative estimate of drug-likeness (QED) is 0.568. The molecule has 0 radical (unpaired) electrons. The molecule has 0 aliphatic carbocycles. The molecule has 1 amide bonds. The molecule has 1 heterocycles. The van der Waals surface area contributed by atoms with Gasteiger partial charge >= 0.3 is 11.6 Å². The summed E-state index contributed by atoms with van der Waals surface area (Å²) >= 11 is 1.51. The number of fused-ring (bicyclic) bond motifs is 1. The maximum Gasteiger partial charge on any atom is 0.336 e. The number of amides is 1. The molecule has 0 unspecified atom stereocenters. The third kappa shape index (κ3) is 5.76. The molecule has 2 atom stereocenters. The molecule has 8 heteroatoms. The smallest absolute Gasteiger partial charge is 0.336 e. The Bertz CT molecular complexity index is 939. The molecule has 2 N–H and O–H groups in total. The molecule has 1 aromatic heterocycles. The van der Waals surface area contributed by atoms with Crippen LogP contribution in [0.2, 0.25) is 0 Å². The Hall–Kier alpha value is -2.48. The number of nitrogens with one attached hydrogen (secondary N) is 1. The number of carbonyl (C=O) groups excluding carboxylic acids is 1. The van der Waals surface area contributed by atoms with Crippen molar-refractivity contribution in [1.82, 2.24) is 5.32 Å². The number of carboxylic acids is 1. The molecule has 0 saturated carbocycles. The lowest BCUT2D eigenvalue weighted by Gasteiger charge is -2.20. The Morgan fingerprint density at radius 3 is 2.69 bits per heavy atom. The first-order chi connectivity index (χ1) is 13.8. The van der Waals surface area contributed by atoms with Gasteiger partial charge in [0.2, 0.25) is 0 Å². The van der Waals surface area contributed by atoms with E-state index >= 15 is 0 Å². The molecule has 0 aliphatic rings. The number of rotatable bonds is 10. The largest absolute Gasteiger partial charge is 0.480 e. The van der Waals surface area contributed by atoms with Crippen LogP contribution in [0.4, 0.5) is 0 Å². The van der Waals surface area contributed by atoms with Gasteiger partial charge in [-0.2, -0.15) is 11.8 Å². The second-order valence-electron chi connectivity index (χ2n) is 6.85. The third-order valence-corrected chi connectivity index (χ3v) is 5.26. The molecule has 0 spiro atoms. The Labute approximate surface area is 173 Å². The number of hydrogen-bond acceptors (Lipinski definition) is 6. The lowest BCUT2D eigenvalue weighted by molar-refractivity contribution is -0.142. The predicted molar refractivity (Wildman–Crippen MR) is 114 cm³/mol. The van der Waals surface area contributed by atoms with Gasteiger partial charge in [0.05, 0.1) is 0 Å². The highest BCUT2D eigenvalue weighted by Gasteiger charge is 2.24. The van der Waals surface area contributed by atoms with Gasteiger partial charge in [0.25, 0.3) is 5.91 Å². The van der Waals surface area contributed by atoms with Gasteiger partial charge in [-0.15, -0.1) is 0 Å². The van der Waals surface area contributed by atoms with Gasteiger partial charge < -0.3 is 19.6 Å². The number of thioether (sulfide) groups is 1. The average molecular weight is 422 g/mol. The molecule has 0 saturated heterocycles. The predicted octanol–water partition coefficient (Wildman–Crippen LogP) is 3.14. The standard InChI is InChI=1S/C21H27NO6S/c1-5-6-14-11-18(23)28-19-12(2)17(8-7-15(14)19)27-13(3)20(24)22-16(21(25)26)9-10-29-4/h7-8,11,13,16H,5-6,9-10H2,1-4H3,(H,22,24)(H,25,26)/t13-,16-/m0/s1. The Morgan fingerprint density at radius 2 is 2.07 bits per heavy atom. The minimum Gasteiger partial charge on any atom is -0.480 e. The molecule has 0 bridgehead atoms. The van der Waals surface area contributed by atoms with Crippen molar-refractivity contribution in [2.75, 3.05) is 12.0 Å². The fraction of sp³-hybridized carbons (Fsp3) is 0.476. The van der Waals surface area contributed by atoms with Gasteiger partial charge in [-0.1, -0.05) is 13.3 Å². The Kier molecular flexibility index (Phi) is 8.13. The molecule has 2 aromatic rings. The van der Waals surface area contributed by atoms with Gasteiger partial charge in [-0.05, 0) is 56.4 Å². The second kappa shape index (κ2) is 10.3. The van der Waals surface area contributed by atoms with E-state index in [1.807, 2.05) is 19.2 Å². The van der Waals surface area contributed by atoms with E-state index in [0.29, 0.717) is 29.1 Å². The summed E-state index contributed by atoms with van der Waals surface area (Å²) < 4.78 is 11.2. The van der Waals surface area contributed by atoms with Crippen LogP contribution in [0.25, 0.3) is 11.0 Å². The average Bonchev–Trinajstić information content (AvgIpc) is 2.67. The van der Waals surface area contributed by atoms with Gasteiger partial charge in [0, 0.05) is 17.0 Å². The normalized spacial score (nSPS) is 13.1. The van der Waals surface area contributed by atoms with E-state index in [0.717, 1.165) is 23.8 Å². The third-order valence-electron chi connectivity index (χ3n) is 4.61. The molecule has 2 rings (SSSR count). The highest BCUT2D eigenvalue weighted by Crippen LogP contribution is 2.29. The van der Waals surface area contributed by atoms with Crippen molar-refractivity contribution in [2.45, 2.75) is 52.2 Å². The van der Waals surface area contributed by atoms with Crippen molar-refractivity contribution in [3.8, 4) is 5.75 Å². The number of aryl methyl sites for hydroxylation is 2. The zero-order valence-corrected chi connectivity index (χ0v) is 17.9. The zero-order chi connectivity index (χ0) is 21.6. The number of carbonyl (C=O) groups is 2. The van der Waals surface area contributed by atoms with Crippen LogP contribution >= 0.6 is 11.8 Å². The lowest BCUT2D eigenvalue weighted by atomic mass is 10.0. The maximum absolute atomic E-state index is 12.4. The van der Waals surface area contributed by atoms with Crippen LogP contribution in [-0.4, -0.2) is 41.1 Å². The van der Waals surface area contributed by atoms with Gasteiger partial charge in [0.1, 0.15) is 17.4 Å². The second-order valence-corrected chi connectivity index (χ2v) is 7.83. The van der Waals surface area contributed by atoms with Crippen molar-refractivity contribution in [3.63, 3.8) is 0 Å². The van der Waals surface area contributed by atoms with E-state index in [1.54, 1.807) is 19.9 Å². The summed E-state index contributed by atoms with van der Waals surface area (Å²) in [5.74, 6) is -0.561. The molecule has 158 valence electrons. The van der Waals surface area contributed by atoms with Crippen molar-refractivity contribution < 1.29 is 23.8 Å². The van der Waals surface area contributed by atoms with Gasteiger partial charge in [-0.3, -0.25) is 4.79 Å². The van der Waals surface area contributed by atoms with E-state index in [9.17, 15) is 19.5 Å². The number of ether oxygens (including phenoxy) is 1. The fourth-order valence-electron chi connectivity index (χ4n) is 3.04. The molecule has 0 fully saturated rings. The maximum atomic E-state index is 12.4. The first-order valence-electron chi connectivity index (χ1n) is 9.53. The summed E-state index contributed by atoms with van der Waals surface area (Å²) in [5.41, 5.74) is 1.55. The summed E-state index contributed by atoms with van der Waals surface area (Å²) in [6, 6.07) is 4.09. The summed E-state index contributed by atoms with van der Waals surface area (Å²) in [7, 11) is 0. The van der Waals surface area contributed by atoms with Crippen molar-refractivity contribution in [2.24, 2.45) is 0 Å². The van der Waals surface area contributed by atoms with Gasteiger partial charge in [0.15, 0.2) is 6.10 Å². The van der Waals surface area contributed by atoms with E-state index in [2.05, 4.69) is 5.32 Å². The molecular weight excluding hydrogens is 394 g/mol. The van der Waals surface area contributed by atoms with Crippen LogP contribution in [0.1, 0.15) is 37.8 Å². The number of aliphatic carboxylic acids is 1. The van der Waals surface area contributed by atoms with Crippen LogP contribution in [0.3, 0.4) is 0 Å². The van der Waals surface area contributed by atoms with E-state index < -0.39 is 29.6 Å². The van der Waals surface area contributed by atoms with Crippen LogP contribution < -0.4 is 15.7 Å². The monoisotopic (exact) mass is 421 g/mol. The molecule has 0 aliphatic heterocycles. The zero-order valence-electron chi connectivity index (χ0n) is 17.1. The molecule has 29 heavy (non-hydrogen) atoms. The van der Waals surface area contributed by atoms with Crippen LogP contribution in [-0.2, 0) is 16.0 Å². The number of hydrogen-bond donors (Lipinski definition) is 2. The van der Waals surface area contributed by atoms with E-state index in [1.165, 1.54) is 17.8 Å². The van der Waals surface area contributed by atoms with E-state index in [-0.39, 0.29) is 0 Å². The van der Waals surface area contributed by atoms with Gasteiger partial charge in [-0.25, -0.2) is 9.59 Å². The summed E-state index contributed by atoms with van der Waals surface area (Å²) in [4.78, 5) is 35.7. The van der Waals surface area contributed by atoms with Crippen LogP contribution in [0.15, 0.2) is 27.4 Å². The number of benzene rings is 1. The Morgan fingerprint density at radius 1 is 1.34 bits per heavy atom. The highest BCUT2D eigenvalue weighted by atomic mass is 32.2. The number of carboxylic acid groups (broad SMARTS) is 1. The topological polar surface area (TPSA) is 106 Å². The van der Waals surface area contributed by atoms with E-state index in [4.69, 9.17) is 9.15 Å². The van der Waals surface area contributed by atoms with Crippen molar-refractivity contribution in [1.29, 1.82) is 0 Å². The summed E-state index contributed by atoms with van der Waals surface area (Å²) in [5, 5.41) is 12.6.